The minimum Gasteiger partial charge on any atom is -0.387 e. The van der Waals surface area contributed by atoms with Crippen molar-refractivity contribution >= 4 is 37.9 Å². The number of hydrogen-bond acceptors (Lipinski definition) is 8. The van der Waals surface area contributed by atoms with Crippen LogP contribution in [0.5, 0.6) is 0 Å². The smallest absolute Gasteiger partial charge is 0.329 e. The van der Waals surface area contributed by atoms with E-state index >= 15 is 0 Å². The third-order valence-electron chi connectivity index (χ3n) is 3.55. The number of morpholine rings is 1. The van der Waals surface area contributed by atoms with Gasteiger partial charge >= 0.3 is 4.87 Å². The number of thiazole rings is 1. The molecule has 2 aromatic rings. The zero-order valence-electron chi connectivity index (χ0n) is 12.6. The Morgan fingerprint density at radius 2 is 1.79 bits per heavy atom. The van der Waals surface area contributed by atoms with E-state index in [-0.39, 0.29) is 9.77 Å². The van der Waals surface area contributed by atoms with Gasteiger partial charge in [-0.25, -0.2) is 13.6 Å². The molecule has 1 aliphatic heterocycles. The molecule has 1 aromatic heterocycles. The van der Waals surface area contributed by atoms with Crippen molar-refractivity contribution in [3.8, 4) is 0 Å². The molecule has 0 saturated carbocycles. The number of sulfonamides is 1. The summed E-state index contributed by atoms with van der Waals surface area (Å²) in [5.74, 6) is 0.587. The van der Waals surface area contributed by atoms with Gasteiger partial charge in [0.15, 0.2) is 5.82 Å². The minimum absolute atomic E-state index is 0.00127. The summed E-state index contributed by atoms with van der Waals surface area (Å²) < 4.78 is 29.3. The minimum atomic E-state index is -3.76. The molecular weight excluding hydrogens is 354 g/mol. The van der Waals surface area contributed by atoms with E-state index in [1.807, 2.05) is 4.90 Å². The third kappa shape index (κ3) is 3.38. The van der Waals surface area contributed by atoms with E-state index in [9.17, 15) is 13.2 Å². The number of benzene rings is 1. The fraction of sp³-hybridized carbons (Fsp3) is 0.308. The van der Waals surface area contributed by atoms with E-state index in [4.69, 9.17) is 15.6 Å². The fourth-order valence-electron chi connectivity index (χ4n) is 2.40. The second-order valence-corrected chi connectivity index (χ2v) is 7.73. The maximum absolute atomic E-state index is 12.2. The Morgan fingerprint density at radius 3 is 2.38 bits per heavy atom. The lowest BCUT2D eigenvalue weighted by atomic mass is 10.3. The molecule has 3 rings (SSSR count). The van der Waals surface area contributed by atoms with Gasteiger partial charge in [0.2, 0.25) is 10.0 Å². The van der Waals surface area contributed by atoms with Crippen LogP contribution in [-0.2, 0) is 14.8 Å². The van der Waals surface area contributed by atoms with E-state index in [1.54, 1.807) is 0 Å². The van der Waals surface area contributed by atoms with Crippen LogP contribution in [0.4, 0.5) is 16.5 Å². The predicted molar refractivity (Wildman–Crippen MR) is 92.9 cm³/mol. The van der Waals surface area contributed by atoms with Crippen LogP contribution < -0.4 is 26.1 Å². The first-order chi connectivity index (χ1) is 11.4. The average molecular weight is 371 g/mol. The average Bonchev–Trinajstić information content (AvgIpc) is 2.82. The molecule has 1 aliphatic rings. The molecular formula is C13H17N5O4S2. The van der Waals surface area contributed by atoms with Crippen molar-refractivity contribution in [1.82, 2.24) is 4.68 Å². The first-order valence-corrected chi connectivity index (χ1v) is 9.46. The summed E-state index contributed by atoms with van der Waals surface area (Å²) in [6.07, 6.45) is 0. The molecule has 5 N–H and O–H groups in total. The van der Waals surface area contributed by atoms with E-state index in [0.717, 1.165) is 11.3 Å². The molecule has 0 bridgehead atoms. The number of primary sulfonamides is 1. The van der Waals surface area contributed by atoms with Crippen molar-refractivity contribution in [1.29, 1.82) is 0 Å². The summed E-state index contributed by atoms with van der Waals surface area (Å²) >= 11 is 0.940. The lowest BCUT2D eigenvalue weighted by molar-refractivity contribution is 0.122. The molecule has 1 saturated heterocycles. The molecule has 0 unspecified atom stereocenters. The second-order valence-electron chi connectivity index (χ2n) is 5.17. The number of rotatable bonds is 4. The molecule has 24 heavy (non-hydrogen) atoms. The van der Waals surface area contributed by atoms with Crippen molar-refractivity contribution < 1.29 is 13.2 Å². The highest BCUT2D eigenvalue weighted by atomic mass is 32.2. The van der Waals surface area contributed by atoms with Gasteiger partial charge in [-0.3, -0.25) is 10.2 Å². The zero-order chi connectivity index (χ0) is 17.3. The molecule has 0 radical (unpaired) electrons. The Kier molecular flexibility index (Phi) is 4.49. The fourth-order valence-corrected chi connectivity index (χ4v) is 3.64. The molecule has 0 atom stereocenters. The van der Waals surface area contributed by atoms with E-state index in [1.165, 1.54) is 28.9 Å². The number of nitrogens with two attached hydrogens (primary N) is 2. The van der Waals surface area contributed by atoms with Gasteiger partial charge in [-0.05, 0) is 24.3 Å². The SMILES string of the molecule is Nc1sc(=O)n(Nc2ccc(S(N)(=O)=O)cc2)c1N1CCOCC1. The molecule has 0 aliphatic carbocycles. The summed E-state index contributed by atoms with van der Waals surface area (Å²) in [5, 5.41) is 5.48. The van der Waals surface area contributed by atoms with Crippen LogP contribution >= 0.6 is 11.3 Å². The summed E-state index contributed by atoms with van der Waals surface area (Å²) in [6.45, 7) is 2.39. The van der Waals surface area contributed by atoms with Crippen LogP contribution in [0.15, 0.2) is 34.0 Å². The van der Waals surface area contributed by atoms with Crippen LogP contribution in [0, 0.1) is 0 Å². The van der Waals surface area contributed by atoms with Crippen LogP contribution in [0.25, 0.3) is 0 Å². The zero-order valence-corrected chi connectivity index (χ0v) is 14.3. The Morgan fingerprint density at radius 1 is 1.17 bits per heavy atom. The Hall–Kier alpha value is -2.08. The van der Waals surface area contributed by atoms with Crippen molar-refractivity contribution in [3.63, 3.8) is 0 Å². The summed E-state index contributed by atoms with van der Waals surface area (Å²) in [4.78, 5) is 13.9. The summed E-state index contributed by atoms with van der Waals surface area (Å²) in [6, 6.07) is 5.80. The molecule has 0 amide bonds. The normalized spacial score (nSPS) is 15.5. The molecule has 1 aromatic carbocycles. The number of ether oxygens (including phenoxy) is 1. The Labute approximate surface area is 142 Å². The Balaban J connectivity index is 1.91. The molecule has 2 heterocycles. The lowest BCUT2D eigenvalue weighted by Gasteiger charge is -2.29. The van der Waals surface area contributed by atoms with E-state index in [0.29, 0.717) is 42.8 Å². The second kappa shape index (κ2) is 6.43. The van der Waals surface area contributed by atoms with Crippen LogP contribution in [0.2, 0.25) is 0 Å². The molecule has 9 nitrogen and oxygen atoms in total. The standard InChI is InChI=1S/C13H17N5O4S2/c14-11-12(17-5-7-22-8-6-17)18(13(19)23-11)16-9-1-3-10(4-2-9)24(15,20)21/h1-4,16H,5-8,14H2,(H2,15,20,21). The Bertz CT molecular complexity index is 882. The van der Waals surface area contributed by atoms with Crippen molar-refractivity contribution in [2.24, 2.45) is 5.14 Å². The number of hydrogen-bond donors (Lipinski definition) is 3. The molecule has 11 heteroatoms. The lowest BCUT2D eigenvalue weighted by Crippen LogP contribution is -2.39. The van der Waals surface area contributed by atoms with E-state index in [2.05, 4.69) is 5.43 Å². The van der Waals surface area contributed by atoms with Crippen LogP contribution in [0.3, 0.4) is 0 Å². The predicted octanol–water partition coefficient (Wildman–Crippen LogP) is -0.149. The highest BCUT2D eigenvalue weighted by molar-refractivity contribution is 7.89. The summed E-state index contributed by atoms with van der Waals surface area (Å²) in [5.41, 5.74) is 9.48. The van der Waals surface area contributed by atoms with Crippen LogP contribution in [0.1, 0.15) is 0 Å². The van der Waals surface area contributed by atoms with Gasteiger partial charge in [-0.1, -0.05) is 11.3 Å². The van der Waals surface area contributed by atoms with Gasteiger partial charge in [-0.15, -0.1) is 0 Å². The van der Waals surface area contributed by atoms with Gasteiger partial charge in [0.05, 0.1) is 23.8 Å². The van der Waals surface area contributed by atoms with Gasteiger partial charge in [-0.2, -0.15) is 4.68 Å². The van der Waals surface area contributed by atoms with Crippen molar-refractivity contribution in [3.05, 3.63) is 33.9 Å². The van der Waals surface area contributed by atoms with Gasteiger partial charge < -0.3 is 15.4 Å². The summed E-state index contributed by atoms with van der Waals surface area (Å²) in [7, 11) is -3.76. The van der Waals surface area contributed by atoms with Gasteiger partial charge in [0.25, 0.3) is 0 Å². The third-order valence-corrected chi connectivity index (χ3v) is 5.24. The number of aromatic nitrogens is 1. The maximum atomic E-state index is 12.2. The first-order valence-electron chi connectivity index (χ1n) is 7.10. The molecule has 1 fully saturated rings. The first kappa shape index (κ1) is 16.8. The quantitative estimate of drug-likeness (QED) is 0.681. The topological polar surface area (TPSA) is 133 Å². The van der Waals surface area contributed by atoms with Gasteiger partial charge in [0, 0.05) is 13.1 Å². The van der Waals surface area contributed by atoms with E-state index < -0.39 is 10.0 Å². The van der Waals surface area contributed by atoms with Gasteiger partial charge in [0.1, 0.15) is 5.00 Å². The maximum Gasteiger partial charge on any atom is 0.329 e. The van der Waals surface area contributed by atoms with Crippen molar-refractivity contribution in [2.45, 2.75) is 4.90 Å². The van der Waals surface area contributed by atoms with Crippen molar-refractivity contribution in [2.75, 3.05) is 42.4 Å². The van der Waals surface area contributed by atoms with Crippen LogP contribution in [-0.4, -0.2) is 39.4 Å². The highest BCUT2D eigenvalue weighted by Crippen LogP contribution is 2.27. The number of nitrogen functional groups attached to an aromatic ring is 1. The monoisotopic (exact) mass is 371 g/mol. The largest absolute Gasteiger partial charge is 0.387 e. The number of nitrogens with one attached hydrogen (secondary N) is 1. The number of nitrogens with zero attached hydrogens (tertiary/aromatic N) is 2. The number of anilines is 3. The molecule has 0 spiro atoms. The molecule has 130 valence electrons. The highest BCUT2D eigenvalue weighted by Gasteiger charge is 2.21.